The average Bonchev–Trinajstić information content (AvgIpc) is 3.16. The van der Waals surface area contributed by atoms with Crippen molar-refractivity contribution in [1.29, 1.82) is 0 Å². The maximum Gasteiger partial charge on any atom is 0.0717 e. The van der Waals surface area contributed by atoms with E-state index >= 15 is 0 Å². The van der Waals surface area contributed by atoms with Crippen molar-refractivity contribution in [2.24, 2.45) is 0 Å². The number of fused-ring (bicyclic) bond motifs is 1. The summed E-state index contributed by atoms with van der Waals surface area (Å²) >= 11 is 0. The molecule has 2 atom stereocenters. The third-order valence-electron chi connectivity index (χ3n) is 7.61. The smallest absolute Gasteiger partial charge is 0.0686 e. The lowest BCUT2D eigenvalue weighted by atomic mass is 9.94. The van der Waals surface area contributed by atoms with Crippen LogP contribution < -0.4 is 0 Å². The molecule has 0 N–H and O–H groups in total. The minimum Gasteiger partial charge on any atom is -0.0686 e. The molecule has 2 unspecified atom stereocenters. The second-order valence-electron chi connectivity index (χ2n) is 10.4. The van der Waals surface area contributed by atoms with E-state index in [9.17, 15) is 0 Å². The summed E-state index contributed by atoms with van der Waals surface area (Å²) in [5, 5.41) is 0. The van der Waals surface area contributed by atoms with E-state index in [1.807, 2.05) is 0 Å². The summed E-state index contributed by atoms with van der Waals surface area (Å²) in [6.07, 6.45) is 4.91. The van der Waals surface area contributed by atoms with Crippen molar-refractivity contribution < 1.29 is 0 Å². The van der Waals surface area contributed by atoms with Crippen molar-refractivity contribution in [3.8, 4) is 11.1 Å². The zero-order valence-electron chi connectivity index (χ0n) is 19.9. The molecule has 0 spiro atoms. The maximum atomic E-state index is 2.61. The lowest BCUT2D eigenvalue weighted by Crippen LogP contribution is -2.41. The van der Waals surface area contributed by atoms with E-state index in [0.717, 1.165) is 0 Å². The Labute approximate surface area is 184 Å². The molecule has 0 radical (unpaired) electrons. The molecule has 0 saturated carbocycles. The van der Waals surface area contributed by atoms with Gasteiger partial charge in [-0.25, -0.2) is 0 Å². The number of allylic oxidation sites excluding steroid dienone is 5. The fourth-order valence-electron chi connectivity index (χ4n) is 6.26. The molecule has 4 rings (SSSR count). The minimum absolute atomic E-state index is 0.571. The van der Waals surface area contributed by atoms with E-state index in [2.05, 4.69) is 109 Å². The Hall–Kier alpha value is -2.12. The fourth-order valence-corrected chi connectivity index (χ4v) is 11.5. The molecule has 2 aliphatic rings. The highest BCUT2D eigenvalue weighted by molar-refractivity contribution is 6.82. The minimum atomic E-state index is -1.66. The topological polar surface area (TPSA) is 0 Å². The predicted octanol–water partition coefficient (Wildman–Crippen LogP) is 8.89. The van der Waals surface area contributed by atoms with Gasteiger partial charge in [0.25, 0.3) is 0 Å². The van der Waals surface area contributed by atoms with Crippen molar-refractivity contribution in [1.82, 2.24) is 0 Å². The molecular weight excluding hydrogens is 376 g/mol. The Morgan fingerprint density at radius 1 is 0.767 bits per heavy atom. The fraction of sp³-hybridized carbons (Fsp3) is 0.379. The van der Waals surface area contributed by atoms with Crippen LogP contribution >= 0.6 is 0 Å². The molecule has 0 saturated heterocycles. The predicted molar refractivity (Wildman–Crippen MR) is 136 cm³/mol. The summed E-state index contributed by atoms with van der Waals surface area (Å²) in [6.45, 7) is 19.1. The third-order valence-corrected chi connectivity index (χ3v) is 12.2. The van der Waals surface area contributed by atoms with E-state index in [-0.39, 0.29) is 0 Å². The van der Waals surface area contributed by atoms with Crippen LogP contribution in [-0.4, -0.2) is 8.07 Å². The normalized spacial score (nSPS) is 21.2. The molecule has 0 nitrogen and oxygen atoms in total. The van der Waals surface area contributed by atoms with Gasteiger partial charge in [0.15, 0.2) is 0 Å². The summed E-state index contributed by atoms with van der Waals surface area (Å²) in [6, 6.07) is 16.2. The van der Waals surface area contributed by atoms with Gasteiger partial charge in [0, 0.05) is 5.54 Å². The molecule has 2 aromatic carbocycles. The van der Waals surface area contributed by atoms with Crippen LogP contribution in [0.25, 0.3) is 17.2 Å². The SMILES string of the molecule is CC1=CC(C)=C(C)C1[Si](C)(C)C1C(C)=Cc2c(-c3ccc(C(C)C)cc3)cccc21. The first kappa shape index (κ1) is 21.1. The zero-order chi connectivity index (χ0) is 21.8. The number of benzene rings is 2. The Bertz CT molecular complexity index is 1070. The molecule has 156 valence electrons. The summed E-state index contributed by atoms with van der Waals surface area (Å²) in [5.74, 6) is 0.571. The molecular formula is C29H36Si. The van der Waals surface area contributed by atoms with Gasteiger partial charge in [-0.05, 0) is 67.0 Å². The van der Waals surface area contributed by atoms with Gasteiger partial charge in [0.2, 0.25) is 0 Å². The van der Waals surface area contributed by atoms with Crippen molar-refractivity contribution in [2.75, 3.05) is 0 Å². The van der Waals surface area contributed by atoms with Crippen LogP contribution in [-0.2, 0) is 0 Å². The standard InChI is InChI=1S/C29H36Si/c1-18(2)23-12-14-24(15-13-23)25-10-9-11-26-27(25)17-21(5)29(26)30(7,8)28-20(4)16-19(3)22(28)6/h9-18,28-29H,1-8H3. The molecule has 0 heterocycles. The largest absolute Gasteiger partial charge is 0.0717 e. The Balaban J connectivity index is 1.78. The molecule has 2 aromatic rings. The van der Waals surface area contributed by atoms with E-state index in [1.54, 1.807) is 22.3 Å². The van der Waals surface area contributed by atoms with Gasteiger partial charge in [-0.2, -0.15) is 0 Å². The van der Waals surface area contributed by atoms with Crippen molar-refractivity contribution in [2.45, 2.75) is 71.6 Å². The molecule has 0 aromatic heterocycles. The highest BCUT2D eigenvalue weighted by atomic mass is 28.3. The average molecular weight is 413 g/mol. The second-order valence-corrected chi connectivity index (χ2v) is 15.2. The van der Waals surface area contributed by atoms with Gasteiger partial charge in [0.1, 0.15) is 0 Å². The van der Waals surface area contributed by atoms with Crippen LogP contribution in [0.5, 0.6) is 0 Å². The zero-order valence-corrected chi connectivity index (χ0v) is 20.9. The van der Waals surface area contributed by atoms with Crippen molar-refractivity contribution >= 4 is 14.1 Å². The van der Waals surface area contributed by atoms with Gasteiger partial charge in [-0.1, -0.05) is 104 Å². The number of rotatable bonds is 4. The molecule has 0 fully saturated rings. The second kappa shape index (κ2) is 7.53. The summed E-state index contributed by atoms with van der Waals surface area (Å²) in [4.78, 5) is 0. The molecule has 30 heavy (non-hydrogen) atoms. The lowest BCUT2D eigenvalue weighted by molar-refractivity contribution is 0.867. The first-order valence-corrected chi connectivity index (χ1v) is 14.6. The van der Waals surface area contributed by atoms with Gasteiger partial charge < -0.3 is 0 Å². The lowest BCUT2D eigenvalue weighted by Gasteiger charge is -2.39. The third kappa shape index (κ3) is 3.28. The van der Waals surface area contributed by atoms with Crippen LogP contribution in [0.1, 0.15) is 69.7 Å². The Kier molecular flexibility index (Phi) is 5.30. The molecule has 2 aliphatic carbocycles. The highest BCUT2D eigenvalue weighted by Crippen LogP contribution is 2.54. The number of hydrogen-bond acceptors (Lipinski definition) is 0. The van der Waals surface area contributed by atoms with Crippen molar-refractivity contribution in [3.63, 3.8) is 0 Å². The first-order valence-electron chi connectivity index (χ1n) is 11.4. The van der Waals surface area contributed by atoms with Gasteiger partial charge in [-0.15, -0.1) is 0 Å². The summed E-state index contributed by atoms with van der Waals surface area (Å²) < 4.78 is 0. The van der Waals surface area contributed by atoms with Crippen LogP contribution in [0.3, 0.4) is 0 Å². The summed E-state index contributed by atoms with van der Waals surface area (Å²) in [5.41, 5.74) is 14.6. The summed E-state index contributed by atoms with van der Waals surface area (Å²) in [7, 11) is -1.66. The van der Waals surface area contributed by atoms with Gasteiger partial charge in [-0.3, -0.25) is 0 Å². The molecule has 0 aliphatic heterocycles. The van der Waals surface area contributed by atoms with Crippen LogP contribution in [0.2, 0.25) is 18.6 Å². The van der Waals surface area contributed by atoms with Crippen LogP contribution in [0.4, 0.5) is 0 Å². The monoisotopic (exact) mass is 412 g/mol. The van der Waals surface area contributed by atoms with Crippen LogP contribution in [0, 0.1) is 0 Å². The highest BCUT2D eigenvalue weighted by Gasteiger charge is 2.46. The van der Waals surface area contributed by atoms with E-state index in [0.29, 0.717) is 17.0 Å². The van der Waals surface area contributed by atoms with E-state index in [1.165, 1.54) is 27.8 Å². The van der Waals surface area contributed by atoms with Gasteiger partial charge >= 0.3 is 0 Å². The van der Waals surface area contributed by atoms with Crippen LogP contribution in [0.15, 0.2) is 70.8 Å². The number of hydrogen-bond donors (Lipinski definition) is 0. The Morgan fingerprint density at radius 3 is 1.97 bits per heavy atom. The van der Waals surface area contributed by atoms with E-state index < -0.39 is 8.07 Å². The van der Waals surface area contributed by atoms with Gasteiger partial charge in [0.05, 0.1) is 8.07 Å². The van der Waals surface area contributed by atoms with Crippen molar-refractivity contribution in [3.05, 3.63) is 87.5 Å². The quantitative estimate of drug-likeness (QED) is 0.440. The molecule has 1 heteroatoms. The maximum absolute atomic E-state index is 2.61. The molecule has 0 bridgehead atoms. The molecule has 0 amide bonds. The van der Waals surface area contributed by atoms with E-state index in [4.69, 9.17) is 0 Å². The first-order chi connectivity index (χ1) is 14.1. The Morgan fingerprint density at radius 2 is 1.40 bits per heavy atom.